The number of amides is 3. The number of Topliss-reactive ketones (excluding diaryl/α,β-unsaturated/α-hetero) is 1. The molecule has 0 radical (unpaired) electrons. The summed E-state index contributed by atoms with van der Waals surface area (Å²) < 4.78 is 5.43. The number of ether oxygens (including phenoxy) is 1. The second-order valence-electron chi connectivity index (χ2n) is 12.6. The number of aromatic amines is 1. The van der Waals surface area contributed by atoms with Gasteiger partial charge in [0.15, 0.2) is 5.78 Å². The summed E-state index contributed by atoms with van der Waals surface area (Å²) in [4.78, 5) is 60.6. The maximum absolute atomic E-state index is 13.8. The number of ketones is 1. The maximum Gasteiger partial charge on any atom is 0.243 e. The van der Waals surface area contributed by atoms with Crippen molar-refractivity contribution in [2.24, 2.45) is 11.8 Å². The molecule has 42 heavy (non-hydrogen) atoms. The van der Waals surface area contributed by atoms with Crippen LogP contribution in [0.5, 0.6) is 0 Å². The number of epoxide rings is 1. The van der Waals surface area contributed by atoms with Crippen LogP contribution in [0.1, 0.15) is 77.2 Å². The van der Waals surface area contributed by atoms with E-state index in [0.29, 0.717) is 44.6 Å². The number of hydrogen-bond acceptors (Lipinski definition) is 7. The lowest BCUT2D eigenvalue weighted by Gasteiger charge is -2.28. The van der Waals surface area contributed by atoms with Gasteiger partial charge in [-0.25, -0.2) is 4.98 Å². The molecule has 11 nitrogen and oxygen atoms in total. The molecule has 1 aromatic carbocycles. The van der Waals surface area contributed by atoms with Gasteiger partial charge in [-0.2, -0.15) is 0 Å². The number of aromatic nitrogens is 2. The van der Waals surface area contributed by atoms with Gasteiger partial charge in [-0.3, -0.25) is 19.2 Å². The van der Waals surface area contributed by atoms with Gasteiger partial charge in [0, 0.05) is 12.3 Å². The van der Waals surface area contributed by atoms with Crippen LogP contribution >= 0.6 is 0 Å². The molecule has 2 saturated carbocycles. The van der Waals surface area contributed by atoms with Crippen LogP contribution in [0.4, 0.5) is 0 Å². The topological polar surface area (TPSA) is 166 Å². The third kappa shape index (κ3) is 7.36. The van der Waals surface area contributed by atoms with E-state index in [9.17, 15) is 24.3 Å². The van der Waals surface area contributed by atoms with Crippen LogP contribution in [0.3, 0.4) is 0 Å². The highest BCUT2D eigenvalue weighted by Crippen LogP contribution is 2.33. The fourth-order valence-corrected chi connectivity index (χ4v) is 6.29. The fourth-order valence-electron chi connectivity index (χ4n) is 6.29. The number of aliphatic hydroxyl groups excluding tert-OH is 1. The Hall–Kier alpha value is -3.31. The predicted octanol–water partition coefficient (Wildman–Crippen LogP) is 2.07. The number of benzene rings is 1. The van der Waals surface area contributed by atoms with E-state index in [0.717, 1.165) is 42.3 Å². The Labute approximate surface area is 245 Å². The molecule has 4 unspecified atom stereocenters. The van der Waals surface area contributed by atoms with Crippen LogP contribution in [0.2, 0.25) is 0 Å². The molecule has 5 rings (SSSR count). The summed E-state index contributed by atoms with van der Waals surface area (Å²) in [5, 5.41) is 18.3. The van der Waals surface area contributed by atoms with E-state index in [-0.39, 0.29) is 30.1 Å². The molecule has 3 amide bonds. The molecule has 11 heteroatoms. The number of aliphatic hydroxyl groups is 1. The zero-order valence-corrected chi connectivity index (χ0v) is 24.5. The number of fused-ring (bicyclic) bond motifs is 1. The van der Waals surface area contributed by atoms with Crippen molar-refractivity contribution in [1.82, 2.24) is 25.9 Å². The molecule has 5 N–H and O–H groups in total. The number of hydrogen-bond donors (Lipinski definition) is 5. The van der Waals surface area contributed by atoms with E-state index < -0.39 is 35.5 Å². The number of nitrogens with one attached hydrogen (secondary N) is 4. The van der Waals surface area contributed by atoms with E-state index >= 15 is 0 Å². The highest BCUT2D eigenvalue weighted by molar-refractivity contribution is 5.98. The largest absolute Gasteiger partial charge is 0.393 e. The Morgan fingerprint density at radius 1 is 1.02 bits per heavy atom. The molecule has 0 bridgehead atoms. The van der Waals surface area contributed by atoms with Crippen LogP contribution in [0.25, 0.3) is 11.0 Å². The van der Waals surface area contributed by atoms with Gasteiger partial charge in [0.2, 0.25) is 17.7 Å². The van der Waals surface area contributed by atoms with Gasteiger partial charge in [-0.1, -0.05) is 31.7 Å². The SMILES string of the molecule is CC(NC(=O)C1CCC(O)CC1)C(=O)NC(Cc1ccc2nc[nH]c2c1)C(=O)NC(CC1CCCC1)C(=O)C1(C)CO1. The first-order valence-corrected chi connectivity index (χ1v) is 15.3. The van der Waals surface area contributed by atoms with Crippen LogP contribution in [0, 0.1) is 11.8 Å². The lowest BCUT2D eigenvalue weighted by atomic mass is 9.87. The summed E-state index contributed by atoms with van der Waals surface area (Å²) >= 11 is 0. The van der Waals surface area contributed by atoms with Gasteiger partial charge >= 0.3 is 0 Å². The quantitative estimate of drug-likeness (QED) is 0.239. The predicted molar refractivity (Wildman–Crippen MR) is 155 cm³/mol. The Morgan fingerprint density at radius 2 is 1.71 bits per heavy atom. The molecule has 3 aliphatic rings. The lowest BCUT2D eigenvalue weighted by Crippen LogP contribution is -2.57. The van der Waals surface area contributed by atoms with Crippen molar-refractivity contribution in [2.75, 3.05) is 6.61 Å². The number of rotatable bonds is 12. The van der Waals surface area contributed by atoms with Gasteiger partial charge in [0.25, 0.3) is 0 Å². The molecule has 0 spiro atoms. The third-order valence-corrected chi connectivity index (χ3v) is 9.15. The van der Waals surface area contributed by atoms with Crippen molar-refractivity contribution in [1.29, 1.82) is 0 Å². The van der Waals surface area contributed by atoms with Crippen LogP contribution in [0.15, 0.2) is 24.5 Å². The van der Waals surface area contributed by atoms with Crippen molar-refractivity contribution in [2.45, 2.75) is 108 Å². The highest BCUT2D eigenvalue weighted by Gasteiger charge is 2.50. The zero-order valence-electron chi connectivity index (χ0n) is 24.5. The van der Waals surface area contributed by atoms with Crippen molar-refractivity contribution >= 4 is 34.5 Å². The first kappa shape index (κ1) is 30.2. The number of H-pyrrole nitrogens is 1. The van der Waals surface area contributed by atoms with Gasteiger partial charge in [-0.05, 0) is 69.6 Å². The smallest absolute Gasteiger partial charge is 0.243 e. The monoisotopic (exact) mass is 581 g/mol. The standard InChI is InChI=1S/C31H43N5O6/c1-18(34-29(40)21-8-10-22(37)11-9-21)28(39)36-26(15-20-7-12-23-24(14-20)33-17-32-23)30(41)35-25(13-19-5-3-4-6-19)27(38)31(2)16-42-31/h7,12,14,17-19,21-22,25-26,37H,3-6,8-11,13,15-16H2,1-2H3,(H,32,33)(H,34,40)(H,35,41)(H,36,39). The third-order valence-electron chi connectivity index (χ3n) is 9.15. The molecule has 2 heterocycles. The molecular weight excluding hydrogens is 538 g/mol. The number of carbonyl (C=O) groups excluding carboxylic acids is 4. The van der Waals surface area contributed by atoms with Gasteiger partial charge in [0.05, 0.1) is 36.1 Å². The Balaban J connectivity index is 1.29. The Kier molecular flexibility index (Phi) is 9.27. The molecule has 1 aliphatic heterocycles. The molecule has 1 saturated heterocycles. The van der Waals surface area contributed by atoms with E-state index in [1.807, 2.05) is 18.2 Å². The van der Waals surface area contributed by atoms with Gasteiger partial charge in [0.1, 0.15) is 17.7 Å². The number of carbonyl (C=O) groups is 4. The first-order chi connectivity index (χ1) is 20.1. The summed E-state index contributed by atoms with van der Waals surface area (Å²) in [5.74, 6) is -1.20. The van der Waals surface area contributed by atoms with Gasteiger partial charge < -0.3 is 30.8 Å². The normalized spacial score (nSPS) is 26.3. The Bertz CT molecular complexity index is 1290. The minimum Gasteiger partial charge on any atom is -0.393 e. The molecule has 228 valence electrons. The first-order valence-electron chi connectivity index (χ1n) is 15.3. The fraction of sp³-hybridized carbons (Fsp3) is 0.645. The average Bonchev–Trinajstić information content (AvgIpc) is 3.32. The van der Waals surface area contributed by atoms with Crippen molar-refractivity contribution in [3.05, 3.63) is 30.1 Å². The molecule has 1 aromatic heterocycles. The second kappa shape index (κ2) is 12.9. The summed E-state index contributed by atoms with van der Waals surface area (Å²) in [7, 11) is 0. The summed E-state index contributed by atoms with van der Waals surface area (Å²) in [6.07, 6.45) is 8.50. The van der Waals surface area contributed by atoms with Crippen molar-refractivity contribution in [3.8, 4) is 0 Å². The van der Waals surface area contributed by atoms with E-state index in [1.165, 1.54) is 0 Å². The van der Waals surface area contributed by atoms with Gasteiger partial charge in [-0.15, -0.1) is 0 Å². The lowest BCUT2D eigenvalue weighted by molar-refractivity contribution is -0.135. The van der Waals surface area contributed by atoms with E-state index in [1.54, 1.807) is 20.2 Å². The minimum atomic E-state index is -0.978. The van der Waals surface area contributed by atoms with Crippen LogP contribution in [-0.4, -0.2) is 75.0 Å². The molecular formula is C31H43N5O6. The molecule has 2 aromatic rings. The van der Waals surface area contributed by atoms with Crippen LogP contribution < -0.4 is 16.0 Å². The van der Waals surface area contributed by atoms with E-state index in [4.69, 9.17) is 4.74 Å². The highest BCUT2D eigenvalue weighted by atomic mass is 16.6. The summed E-state index contributed by atoms with van der Waals surface area (Å²) in [6, 6.07) is 3.04. The number of nitrogens with zero attached hydrogens (tertiary/aromatic N) is 1. The summed E-state index contributed by atoms with van der Waals surface area (Å²) in [5.41, 5.74) is 1.52. The molecule has 3 fully saturated rings. The van der Waals surface area contributed by atoms with Crippen LogP contribution in [-0.2, 0) is 30.3 Å². The average molecular weight is 582 g/mol. The molecule has 4 atom stereocenters. The molecule has 2 aliphatic carbocycles. The van der Waals surface area contributed by atoms with E-state index in [2.05, 4.69) is 25.9 Å². The maximum atomic E-state index is 13.8. The van der Waals surface area contributed by atoms with Crippen molar-refractivity contribution < 1.29 is 29.0 Å². The second-order valence-corrected chi connectivity index (χ2v) is 12.6. The Morgan fingerprint density at radius 3 is 2.40 bits per heavy atom. The number of imidazole rings is 1. The minimum absolute atomic E-state index is 0.134. The summed E-state index contributed by atoms with van der Waals surface area (Å²) in [6.45, 7) is 3.68. The van der Waals surface area contributed by atoms with Crippen molar-refractivity contribution in [3.63, 3.8) is 0 Å². The zero-order chi connectivity index (χ0) is 29.9.